The van der Waals surface area contributed by atoms with Crippen molar-refractivity contribution in [2.45, 2.75) is 12.2 Å². The van der Waals surface area contributed by atoms with Crippen molar-refractivity contribution in [2.24, 2.45) is 0 Å². The second kappa shape index (κ2) is 13.3. The van der Waals surface area contributed by atoms with Crippen molar-refractivity contribution >= 4 is 35.1 Å². The van der Waals surface area contributed by atoms with Gasteiger partial charge >= 0.3 is 0 Å². The molecule has 0 aliphatic heterocycles. The summed E-state index contributed by atoms with van der Waals surface area (Å²) < 4.78 is 0. The van der Waals surface area contributed by atoms with Crippen LogP contribution in [0.15, 0.2) is 42.9 Å². The molecule has 0 spiro atoms. The maximum Gasteiger partial charge on any atom is 0.274 e. The predicted octanol–water partition coefficient (Wildman–Crippen LogP) is 2.92. The first-order valence-corrected chi connectivity index (χ1v) is 11.4. The van der Waals surface area contributed by atoms with E-state index in [0.717, 1.165) is 41.3 Å². The number of hydrogen-bond acceptors (Lipinski definition) is 8. The molecule has 2 rings (SSSR count). The number of nitrogens with one attached hydrogen (secondary N) is 3. The molecular formula is C17H23ClN6O2S2. The highest BCUT2D eigenvalue weighted by Gasteiger charge is 2.04. The number of aromatic amines is 1. The first-order chi connectivity index (χ1) is 13.6. The quantitative estimate of drug-likeness (QED) is 0.233. The lowest BCUT2D eigenvalue weighted by atomic mass is 10.4. The normalized spacial score (nSPS) is 11.4. The highest BCUT2D eigenvalue weighted by atomic mass is 35.5. The molecule has 0 fully saturated rings. The number of hydrogen-bond donors (Lipinski definition) is 3. The zero-order chi connectivity index (χ0) is 20.0. The fourth-order valence-electron chi connectivity index (χ4n) is 2.17. The predicted molar refractivity (Wildman–Crippen MR) is 116 cm³/mol. The molecule has 11 heteroatoms. The summed E-state index contributed by atoms with van der Waals surface area (Å²) in [5, 5.41) is 17.6. The number of rotatable bonds is 14. The Hall–Kier alpha value is -1.91. The maximum atomic E-state index is 10.8. The molecule has 0 aromatic carbocycles. The van der Waals surface area contributed by atoms with E-state index in [2.05, 4.69) is 25.6 Å². The molecule has 0 unspecified atom stereocenters. The molecular weight excluding hydrogens is 420 g/mol. The molecule has 2 aromatic rings. The van der Waals surface area contributed by atoms with Crippen LogP contribution in [0.25, 0.3) is 0 Å². The summed E-state index contributed by atoms with van der Waals surface area (Å²) in [6.07, 6.45) is 7.11. The SMILES string of the molecule is O=[N+]([O-])C=C(NCCSCCc1cnc[nH]1)NCCSCc1ncccc1Cl. The summed E-state index contributed by atoms with van der Waals surface area (Å²) in [6.45, 7) is 1.26. The van der Waals surface area contributed by atoms with Crippen LogP contribution in [0.5, 0.6) is 0 Å². The minimum Gasteiger partial charge on any atom is -0.366 e. The molecule has 152 valence electrons. The Balaban J connectivity index is 1.59. The first kappa shape index (κ1) is 22.4. The van der Waals surface area contributed by atoms with Gasteiger partial charge in [0.2, 0.25) is 0 Å². The number of aromatic nitrogens is 3. The largest absolute Gasteiger partial charge is 0.366 e. The fourth-order valence-corrected chi connectivity index (χ4v) is 4.07. The van der Waals surface area contributed by atoms with Crippen molar-refractivity contribution in [3.8, 4) is 0 Å². The molecule has 8 nitrogen and oxygen atoms in total. The van der Waals surface area contributed by atoms with Gasteiger partial charge in [-0.15, -0.1) is 0 Å². The van der Waals surface area contributed by atoms with E-state index in [4.69, 9.17) is 11.6 Å². The topological polar surface area (TPSA) is 109 Å². The van der Waals surface area contributed by atoms with Gasteiger partial charge in [0.1, 0.15) is 0 Å². The lowest BCUT2D eigenvalue weighted by Crippen LogP contribution is -2.30. The molecule has 0 aliphatic carbocycles. The Labute approximate surface area is 177 Å². The van der Waals surface area contributed by atoms with Crippen LogP contribution < -0.4 is 10.6 Å². The van der Waals surface area contributed by atoms with Crippen molar-refractivity contribution < 1.29 is 4.92 Å². The van der Waals surface area contributed by atoms with Crippen LogP contribution >= 0.6 is 35.1 Å². The average molecular weight is 443 g/mol. The van der Waals surface area contributed by atoms with Gasteiger partial charge in [-0.05, 0) is 24.3 Å². The molecule has 28 heavy (non-hydrogen) atoms. The summed E-state index contributed by atoms with van der Waals surface area (Å²) >= 11 is 9.53. The van der Waals surface area contributed by atoms with Gasteiger partial charge in [-0.25, -0.2) is 4.98 Å². The van der Waals surface area contributed by atoms with Crippen LogP contribution in [-0.4, -0.2) is 50.2 Å². The highest BCUT2D eigenvalue weighted by molar-refractivity contribution is 7.99. The van der Waals surface area contributed by atoms with Crippen molar-refractivity contribution in [3.05, 3.63) is 69.4 Å². The molecule has 0 amide bonds. The Morgan fingerprint density at radius 2 is 2.07 bits per heavy atom. The Morgan fingerprint density at radius 1 is 1.29 bits per heavy atom. The van der Waals surface area contributed by atoms with E-state index in [-0.39, 0.29) is 0 Å². The van der Waals surface area contributed by atoms with E-state index in [1.165, 1.54) is 0 Å². The first-order valence-electron chi connectivity index (χ1n) is 8.70. The Kier molecular flexibility index (Phi) is 10.6. The van der Waals surface area contributed by atoms with E-state index in [1.807, 2.05) is 12.3 Å². The third kappa shape index (κ3) is 9.34. The van der Waals surface area contributed by atoms with Crippen LogP contribution in [0, 0.1) is 10.1 Å². The lowest BCUT2D eigenvalue weighted by Gasteiger charge is -2.11. The van der Waals surface area contributed by atoms with Gasteiger partial charge in [-0.2, -0.15) is 23.5 Å². The van der Waals surface area contributed by atoms with Gasteiger partial charge in [0, 0.05) is 48.4 Å². The molecule has 3 N–H and O–H groups in total. The minimum atomic E-state index is -0.457. The molecule has 0 saturated carbocycles. The van der Waals surface area contributed by atoms with Crippen LogP contribution in [-0.2, 0) is 12.2 Å². The zero-order valence-electron chi connectivity index (χ0n) is 15.3. The third-order valence-corrected chi connectivity index (χ3v) is 5.80. The van der Waals surface area contributed by atoms with Crippen molar-refractivity contribution in [3.63, 3.8) is 0 Å². The number of imidazole rings is 1. The second-order valence-corrected chi connectivity index (χ2v) is 8.34. The molecule has 0 aliphatic rings. The second-order valence-electron chi connectivity index (χ2n) is 5.61. The fraction of sp³-hybridized carbons (Fsp3) is 0.412. The van der Waals surface area contributed by atoms with E-state index < -0.39 is 4.92 Å². The van der Waals surface area contributed by atoms with E-state index in [0.29, 0.717) is 29.7 Å². The lowest BCUT2D eigenvalue weighted by molar-refractivity contribution is -0.404. The van der Waals surface area contributed by atoms with E-state index >= 15 is 0 Å². The number of thioether (sulfide) groups is 2. The monoisotopic (exact) mass is 442 g/mol. The van der Waals surface area contributed by atoms with Crippen LogP contribution in [0.2, 0.25) is 5.02 Å². The number of aryl methyl sites for hydroxylation is 1. The minimum absolute atomic E-state index is 0.427. The number of H-pyrrole nitrogens is 1. The van der Waals surface area contributed by atoms with Crippen LogP contribution in [0.4, 0.5) is 0 Å². The Morgan fingerprint density at radius 3 is 2.75 bits per heavy atom. The number of pyridine rings is 1. The van der Waals surface area contributed by atoms with Crippen molar-refractivity contribution in [2.75, 3.05) is 30.3 Å². The van der Waals surface area contributed by atoms with Crippen molar-refractivity contribution in [1.29, 1.82) is 0 Å². The van der Waals surface area contributed by atoms with Crippen LogP contribution in [0.1, 0.15) is 11.4 Å². The summed E-state index contributed by atoms with van der Waals surface area (Å²) in [6, 6.07) is 3.62. The summed E-state index contributed by atoms with van der Waals surface area (Å²) in [5.41, 5.74) is 1.96. The third-order valence-electron chi connectivity index (χ3n) is 3.50. The summed E-state index contributed by atoms with van der Waals surface area (Å²) in [4.78, 5) is 21.6. The van der Waals surface area contributed by atoms with Gasteiger partial charge in [0.25, 0.3) is 6.20 Å². The number of nitro groups is 1. The standard InChI is InChI=1S/C17H23ClN6O2S2/c18-15-2-1-4-20-16(15)12-28-9-6-22-17(11-24(25)26)21-5-8-27-7-3-14-10-19-13-23-14/h1-2,4,10-11,13,21-22H,3,5-9,12H2,(H,19,23). The summed E-state index contributed by atoms with van der Waals surface area (Å²) in [5.74, 6) is 3.74. The number of nitrogens with zero attached hydrogens (tertiary/aromatic N) is 3. The van der Waals surface area contributed by atoms with Gasteiger partial charge in [-0.1, -0.05) is 11.6 Å². The zero-order valence-corrected chi connectivity index (χ0v) is 17.7. The molecule has 0 saturated heterocycles. The van der Waals surface area contributed by atoms with E-state index in [1.54, 1.807) is 42.1 Å². The highest BCUT2D eigenvalue weighted by Crippen LogP contribution is 2.17. The van der Waals surface area contributed by atoms with Gasteiger partial charge in [-0.3, -0.25) is 15.1 Å². The molecule has 0 bridgehead atoms. The van der Waals surface area contributed by atoms with Gasteiger partial charge in [0.05, 0.1) is 22.0 Å². The maximum absolute atomic E-state index is 10.8. The molecule has 2 aromatic heterocycles. The van der Waals surface area contributed by atoms with Gasteiger partial charge in [0.15, 0.2) is 5.82 Å². The Bertz CT molecular complexity index is 745. The van der Waals surface area contributed by atoms with Gasteiger partial charge < -0.3 is 15.6 Å². The summed E-state index contributed by atoms with van der Waals surface area (Å²) in [7, 11) is 0. The van der Waals surface area contributed by atoms with Crippen LogP contribution in [0.3, 0.4) is 0 Å². The van der Waals surface area contributed by atoms with Crippen molar-refractivity contribution in [1.82, 2.24) is 25.6 Å². The smallest absolute Gasteiger partial charge is 0.274 e. The molecule has 0 radical (unpaired) electrons. The van der Waals surface area contributed by atoms with E-state index in [9.17, 15) is 10.1 Å². The molecule has 0 atom stereocenters. The number of halogens is 1. The average Bonchev–Trinajstić information content (AvgIpc) is 3.18. The molecule has 2 heterocycles.